The van der Waals surface area contributed by atoms with Crippen molar-refractivity contribution in [3.05, 3.63) is 65.4 Å². The average Bonchev–Trinajstić information content (AvgIpc) is 2.77. The molecule has 0 radical (unpaired) electrons. The first-order chi connectivity index (χ1) is 14.3. The molecule has 6 nitrogen and oxygen atoms in total. The molecule has 1 aliphatic rings. The average molecular weight is 395 g/mol. The highest BCUT2D eigenvalue weighted by atomic mass is 16.5. The number of guanidine groups is 1. The fourth-order valence-electron chi connectivity index (χ4n) is 3.35. The number of rotatable bonds is 7. The fraction of sp³-hybridized carbons (Fsp3) is 0.391. The Hall–Kier alpha value is -2.86. The van der Waals surface area contributed by atoms with Crippen molar-refractivity contribution in [3.63, 3.8) is 0 Å². The summed E-state index contributed by atoms with van der Waals surface area (Å²) in [6.45, 7) is 3.56. The molecule has 6 heteroatoms. The molecule has 1 aromatic carbocycles. The largest absolute Gasteiger partial charge is 0.475 e. The first-order valence-electron chi connectivity index (χ1n) is 10.1. The lowest BCUT2D eigenvalue weighted by Gasteiger charge is -2.31. The topological polar surface area (TPSA) is 59.0 Å². The molecule has 1 aromatic heterocycles. The lowest BCUT2D eigenvalue weighted by Crippen LogP contribution is -2.44. The van der Waals surface area contributed by atoms with Crippen molar-refractivity contribution in [2.75, 3.05) is 40.5 Å². The Balaban J connectivity index is 1.54. The number of ether oxygens (including phenoxy) is 2. The second-order valence-electron chi connectivity index (χ2n) is 6.91. The van der Waals surface area contributed by atoms with E-state index in [1.54, 1.807) is 13.3 Å². The molecule has 3 rings (SSSR count). The van der Waals surface area contributed by atoms with Crippen LogP contribution in [0.1, 0.15) is 24.0 Å². The van der Waals surface area contributed by atoms with Crippen LogP contribution in [0.3, 0.4) is 0 Å². The zero-order valence-corrected chi connectivity index (χ0v) is 17.3. The third-order valence-corrected chi connectivity index (χ3v) is 4.90. The van der Waals surface area contributed by atoms with E-state index in [1.807, 2.05) is 19.2 Å². The number of nitrogens with one attached hydrogen (secondary N) is 1. The number of likely N-dealkylation sites (tertiary alicyclic amines) is 1. The van der Waals surface area contributed by atoms with Crippen molar-refractivity contribution < 1.29 is 9.47 Å². The number of piperidine rings is 1. The van der Waals surface area contributed by atoms with Crippen LogP contribution in [0.5, 0.6) is 5.88 Å². The minimum atomic E-state index is 0.484. The van der Waals surface area contributed by atoms with Gasteiger partial charge >= 0.3 is 0 Å². The number of nitrogens with zero attached hydrogens (tertiary/aromatic N) is 3. The van der Waals surface area contributed by atoms with Gasteiger partial charge in [0.1, 0.15) is 6.61 Å². The Morgan fingerprint density at radius 3 is 2.66 bits per heavy atom. The van der Waals surface area contributed by atoms with E-state index >= 15 is 0 Å². The van der Waals surface area contributed by atoms with Crippen LogP contribution in [0.2, 0.25) is 0 Å². The van der Waals surface area contributed by atoms with Gasteiger partial charge in [-0.15, -0.1) is 0 Å². The maximum absolute atomic E-state index is 5.72. The number of hydrogen-bond donors (Lipinski definition) is 1. The van der Waals surface area contributed by atoms with Crippen molar-refractivity contribution >= 4 is 12.0 Å². The maximum Gasteiger partial charge on any atom is 0.218 e. The minimum Gasteiger partial charge on any atom is -0.475 e. The summed E-state index contributed by atoms with van der Waals surface area (Å²) in [7, 11) is 3.49. The second-order valence-corrected chi connectivity index (χ2v) is 6.91. The van der Waals surface area contributed by atoms with Crippen LogP contribution < -0.4 is 10.1 Å². The fourth-order valence-corrected chi connectivity index (χ4v) is 3.35. The van der Waals surface area contributed by atoms with Gasteiger partial charge in [0.05, 0.1) is 6.61 Å². The van der Waals surface area contributed by atoms with Gasteiger partial charge in [-0.25, -0.2) is 4.98 Å². The summed E-state index contributed by atoms with van der Waals surface area (Å²) in [4.78, 5) is 11.1. The molecule has 2 heterocycles. The van der Waals surface area contributed by atoms with E-state index in [0.717, 1.165) is 37.5 Å². The van der Waals surface area contributed by atoms with Crippen molar-refractivity contribution in [1.29, 1.82) is 0 Å². The molecule has 0 aliphatic carbocycles. The number of hydrogen-bond acceptors (Lipinski definition) is 4. The standard InChI is InChI=1S/C23H30N4O2/c1-24-23(26-18-21-9-6-12-25-22(21)29-16-15-28-2)27-13-10-20(11-14-27)17-19-7-4-3-5-8-19/h3-9,12,17H,10-11,13-16,18H2,1-2H3,(H,24,26). The minimum absolute atomic E-state index is 0.484. The van der Waals surface area contributed by atoms with Crippen LogP contribution in [-0.2, 0) is 11.3 Å². The first-order valence-corrected chi connectivity index (χ1v) is 10.1. The van der Waals surface area contributed by atoms with Crippen LogP contribution in [-0.4, -0.2) is 56.3 Å². The third kappa shape index (κ3) is 6.32. The molecule has 29 heavy (non-hydrogen) atoms. The van der Waals surface area contributed by atoms with Crippen LogP contribution >= 0.6 is 0 Å². The predicted molar refractivity (Wildman–Crippen MR) is 117 cm³/mol. The number of aromatic nitrogens is 1. The van der Waals surface area contributed by atoms with Crippen molar-refractivity contribution in [2.45, 2.75) is 19.4 Å². The summed E-state index contributed by atoms with van der Waals surface area (Å²) in [5.74, 6) is 1.55. The molecular weight excluding hydrogens is 364 g/mol. The molecule has 1 fully saturated rings. The molecule has 154 valence electrons. The van der Waals surface area contributed by atoms with Crippen LogP contribution in [0, 0.1) is 0 Å². The van der Waals surface area contributed by atoms with Crippen molar-refractivity contribution in [1.82, 2.24) is 15.2 Å². The third-order valence-electron chi connectivity index (χ3n) is 4.90. The Bertz CT molecular complexity index is 811. The van der Waals surface area contributed by atoms with Gasteiger partial charge in [-0.05, 0) is 24.5 Å². The number of aliphatic imine (C=N–C) groups is 1. The van der Waals surface area contributed by atoms with E-state index in [9.17, 15) is 0 Å². The highest BCUT2D eigenvalue weighted by Gasteiger charge is 2.17. The zero-order chi connectivity index (χ0) is 20.3. The maximum atomic E-state index is 5.72. The molecule has 0 saturated carbocycles. The van der Waals surface area contributed by atoms with Gasteiger partial charge in [0, 0.05) is 45.6 Å². The van der Waals surface area contributed by atoms with Crippen molar-refractivity contribution in [2.24, 2.45) is 4.99 Å². The van der Waals surface area contributed by atoms with Gasteiger partial charge in [-0.1, -0.05) is 48.0 Å². The molecule has 0 bridgehead atoms. The van der Waals surface area contributed by atoms with Gasteiger partial charge in [-0.2, -0.15) is 0 Å². The normalized spacial score (nSPS) is 14.6. The van der Waals surface area contributed by atoms with Gasteiger partial charge < -0.3 is 19.7 Å². The summed E-state index contributed by atoms with van der Waals surface area (Å²) in [5, 5.41) is 3.46. The van der Waals surface area contributed by atoms with Gasteiger partial charge in [0.2, 0.25) is 5.88 Å². The molecular formula is C23H30N4O2. The summed E-state index contributed by atoms with van der Waals surface area (Å²) >= 11 is 0. The number of methoxy groups -OCH3 is 1. The van der Waals surface area contributed by atoms with Crippen LogP contribution in [0.4, 0.5) is 0 Å². The second kappa shape index (κ2) is 11.2. The molecule has 1 aliphatic heterocycles. The zero-order valence-electron chi connectivity index (χ0n) is 17.3. The quantitative estimate of drug-likeness (QED) is 0.443. The molecule has 0 atom stereocenters. The number of pyridine rings is 1. The van der Waals surface area contributed by atoms with E-state index in [-0.39, 0.29) is 0 Å². The lowest BCUT2D eigenvalue weighted by atomic mass is 10.0. The van der Waals surface area contributed by atoms with Gasteiger partial charge in [-0.3, -0.25) is 4.99 Å². The van der Waals surface area contributed by atoms with E-state index in [0.29, 0.717) is 25.6 Å². The Morgan fingerprint density at radius 1 is 1.14 bits per heavy atom. The van der Waals surface area contributed by atoms with Crippen molar-refractivity contribution in [3.8, 4) is 5.88 Å². The SMILES string of the molecule is CN=C(NCc1cccnc1OCCOC)N1CCC(=Cc2ccccc2)CC1. The molecule has 0 amide bonds. The van der Waals surface area contributed by atoms with Crippen LogP contribution in [0.15, 0.2) is 59.2 Å². The molecule has 1 N–H and O–H groups in total. The molecule has 1 saturated heterocycles. The van der Waals surface area contributed by atoms with Crippen LogP contribution in [0.25, 0.3) is 6.08 Å². The number of benzene rings is 1. The van der Waals surface area contributed by atoms with E-state index in [1.165, 1.54) is 11.1 Å². The lowest BCUT2D eigenvalue weighted by molar-refractivity contribution is 0.143. The molecule has 2 aromatic rings. The Labute approximate surface area is 173 Å². The smallest absolute Gasteiger partial charge is 0.218 e. The predicted octanol–water partition coefficient (Wildman–Crippen LogP) is 3.36. The highest BCUT2D eigenvalue weighted by Crippen LogP contribution is 2.20. The van der Waals surface area contributed by atoms with E-state index < -0.39 is 0 Å². The monoisotopic (exact) mass is 394 g/mol. The van der Waals surface area contributed by atoms with E-state index in [2.05, 4.69) is 56.6 Å². The summed E-state index contributed by atoms with van der Waals surface area (Å²) in [6, 6.07) is 14.5. The summed E-state index contributed by atoms with van der Waals surface area (Å²) in [6.07, 6.45) is 6.15. The summed E-state index contributed by atoms with van der Waals surface area (Å²) in [5.41, 5.74) is 3.77. The highest BCUT2D eigenvalue weighted by molar-refractivity contribution is 5.80. The first kappa shape index (κ1) is 20.9. The molecule has 0 unspecified atom stereocenters. The molecule has 0 spiro atoms. The Kier molecular flexibility index (Phi) is 8.07. The van der Waals surface area contributed by atoms with E-state index in [4.69, 9.17) is 9.47 Å². The Morgan fingerprint density at radius 2 is 1.93 bits per heavy atom. The summed E-state index contributed by atoms with van der Waals surface area (Å²) < 4.78 is 10.8. The van der Waals surface area contributed by atoms with Gasteiger partial charge in [0.15, 0.2) is 5.96 Å². The van der Waals surface area contributed by atoms with Gasteiger partial charge in [0.25, 0.3) is 0 Å².